The van der Waals surface area contributed by atoms with Crippen LogP contribution in [0, 0.1) is 17.7 Å². The molecule has 0 radical (unpaired) electrons. The van der Waals surface area contributed by atoms with Gasteiger partial charge in [0.15, 0.2) is 0 Å². The molecule has 1 aromatic carbocycles. The number of imide groups is 1. The molecule has 6 heteroatoms. The molecule has 1 aliphatic heterocycles. The van der Waals surface area contributed by atoms with Crippen LogP contribution < -0.4 is 5.32 Å². The van der Waals surface area contributed by atoms with Gasteiger partial charge in [0.2, 0.25) is 17.7 Å². The number of likely N-dealkylation sites (tertiary alicyclic amines) is 1. The smallest absolute Gasteiger partial charge is 0.233 e. The number of nitrogens with zero attached hydrogens (tertiary/aromatic N) is 1. The number of hydrogen-bond acceptors (Lipinski definition) is 3. The van der Waals surface area contributed by atoms with Crippen LogP contribution in [0.4, 0.5) is 4.39 Å². The first-order valence-corrected chi connectivity index (χ1v) is 9.68. The van der Waals surface area contributed by atoms with Crippen molar-refractivity contribution < 1.29 is 18.8 Å². The van der Waals surface area contributed by atoms with Crippen molar-refractivity contribution in [3.8, 4) is 0 Å². The molecule has 5 nitrogen and oxygen atoms in total. The van der Waals surface area contributed by atoms with Crippen molar-refractivity contribution in [2.75, 3.05) is 13.1 Å². The van der Waals surface area contributed by atoms with Crippen molar-refractivity contribution in [2.45, 2.75) is 51.4 Å². The van der Waals surface area contributed by atoms with E-state index in [0.29, 0.717) is 5.56 Å². The minimum atomic E-state index is -0.560. The third-order valence-electron chi connectivity index (χ3n) is 5.83. The highest BCUT2D eigenvalue weighted by molar-refractivity contribution is 6.05. The second-order valence-corrected chi connectivity index (χ2v) is 8.22. The number of carbonyl (C=O) groups excluding carboxylic acids is 3. The lowest BCUT2D eigenvalue weighted by Crippen LogP contribution is -2.39. The summed E-state index contributed by atoms with van der Waals surface area (Å²) in [7, 11) is 0. The summed E-state index contributed by atoms with van der Waals surface area (Å²) in [4.78, 5) is 38.4. The molecular weight excluding hydrogens is 347 g/mol. The fraction of sp³-hybridized carbons (Fsp3) is 0.571. The summed E-state index contributed by atoms with van der Waals surface area (Å²) in [5, 5.41) is 2.81. The SMILES string of the molecule is CC(C)(CNC(=O)CCN1C(=O)C2CCCCC2C1=O)c1ccccc1F. The molecule has 3 amide bonds. The first-order chi connectivity index (χ1) is 12.8. The minimum absolute atomic E-state index is 0.0737. The van der Waals surface area contributed by atoms with E-state index in [9.17, 15) is 18.8 Å². The molecule has 2 aliphatic rings. The van der Waals surface area contributed by atoms with Gasteiger partial charge in [-0.15, -0.1) is 0 Å². The quantitative estimate of drug-likeness (QED) is 0.779. The van der Waals surface area contributed by atoms with Crippen LogP contribution in [-0.4, -0.2) is 35.7 Å². The third-order valence-corrected chi connectivity index (χ3v) is 5.83. The summed E-state index contributed by atoms with van der Waals surface area (Å²) < 4.78 is 14.0. The predicted octanol–water partition coefficient (Wildman–Crippen LogP) is 2.78. The van der Waals surface area contributed by atoms with Gasteiger partial charge in [0.1, 0.15) is 5.82 Å². The Morgan fingerprint density at radius 1 is 1.15 bits per heavy atom. The molecule has 1 saturated heterocycles. The van der Waals surface area contributed by atoms with Crippen molar-refractivity contribution in [2.24, 2.45) is 11.8 Å². The second kappa shape index (κ2) is 7.79. The van der Waals surface area contributed by atoms with Crippen LogP contribution in [0.1, 0.15) is 51.5 Å². The maximum Gasteiger partial charge on any atom is 0.233 e. The number of rotatable bonds is 6. The van der Waals surface area contributed by atoms with Gasteiger partial charge in [-0.25, -0.2) is 4.39 Å². The first-order valence-electron chi connectivity index (χ1n) is 9.68. The van der Waals surface area contributed by atoms with Gasteiger partial charge in [-0.3, -0.25) is 19.3 Å². The molecule has 0 spiro atoms. The number of carbonyl (C=O) groups is 3. The summed E-state index contributed by atoms with van der Waals surface area (Å²) in [6.07, 6.45) is 3.59. The van der Waals surface area contributed by atoms with Crippen molar-refractivity contribution >= 4 is 17.7 Å². The standard InChI is InChI=1S/C21H27FN2O3/c1-21(2,16-9-5-6-10-17(16)22)13-23-18(25)11-12-24-19(26)14-7-3-4-8-15(14)20(24)27/h5-6,9-10,14-15H,3-4,7-8,11-13H2,1-2H3,(H,23,25). The molecule has 1 N–H and O–H groups in total. The fourth-order valence-corrected chi connectivity index (χ4v) is 4.18. The lowest BCUT2D eigenvalue weighted by molar-refractivity contribution is -0.140. The first kappa shape index (κ1) is 19.5. The lowest BCUT2D eigenvalue weighted by atomic mass is 9.81. The molecule has 3 rings (SSSR count). The average molecular weight is 374 g/mol. The van der Waals surface area contributed by atoms with Crippen LogP contribution in [0.5, 0.6) is 0 Å². The molecule has 1 saturated carbocycles. The molecule has 0 aromatic heterocycles. The van der Waals surface area contributed by atoms with Gasteiger partial charge in [0, 0.05) is 24.9 Å². The van der Waals surface area contributed by atoms with E-state index in [2.05, 4.69) is 5.32 Å². The highest BCUT2D eigenvalue weighted by atomic mass is 19.1. The van der Waals surface area contributed by atoms with Gasteiger partial charge in [-0.2, -0.15) is 0 Å². The van der Waals surface area contributed by atoms with E-state index in [0.717, 1.165) is 25.7 Å². The molecule has 146 valence electrons. The summed E-state index contributed by atoms with van der Waals surface area (Å²) in [5.74, 6) is -1.15. The Labute approximate surface area is 159 Å². The number of amides is 3. The Kier molecular flexibility index (Phi) is 5.63. The van der Waals surface area contributed by atoms with E-state index in [1.165, 1.54) is 11.0 Å². The van der Waals surface area contributed by atoms with Gasteiger partial charge >= 0.3 is 0 Å². The summed E-state index contributed by atoms with van der Waals surface area (Å²) in [6, 6.07) is 6.52. The zero-order chi connectivity index (χ0) is 19.6. The van der Waals surface area contributed by atoms with E-state index in [-0.39, 0.29) is 54.9 Å². The number of fused-ring (bicyclic) bond motifs is 1. The normalized spacial score (nSPS) is 22.7. The zero-order valence-corrected chi connectivity index (χ0v) is 16.0. The Hall–Kier alpha value is -2.24. The molecule has 0 bridgehead atoms. The van der Waals surface area contributed by atoms with Gasteiger partial charge in [0.25, 0.3) is 0 Å². The van der Waals surface area contributed by atoms with E-state index in [1.807, 2.05) is 13.8 Å². The molecule has 2 fully saturated rings. The number of nitrogens with one attached hydrogen (secondary N) is 1. The van der Waals surface area contributed by atoms with Gasteiger partial charge in [-0.1, -0.05) is 44.9 Å². The van der Waals surface area contributed by atoms with Crippen molar-refractivity contribution in [1.82, 2.24) is 10.2 Å². The Morgan fingerprint density at radius 3 is 2.33 bits per heavy atom. The molecular formula is C21H27FN2O3. The zero-order valence-electron chi connectivity index (χ0n) is 16.0. The maximum absolute atomic E-state index is 14.0. The fourth-order valence-electron chi connectivity index (χ4n) is 4.18. The van der Waals surface area contributed by atoms with Crippen LogP contribution in [0.15, 0.2) is 24.3 Å². The van der Waals surface area contributed by atoms with E-state index >= 15 is 0 Å². The van der Waals surface area contributed by atoms with Gasteiger partial charge in [0.05, 0.1) is 11.8 Å². The van der Waals surface area contributed by atoms with Crippen molar-refractivity contribution in [3.05, 3.63) is 35.6 Å². The van der Waals surface area contributed by atoms with Crippen LogP contribution in [0.2, 0.25) is 0 Å². The molecule has 1 heterocycles. The molecule has 1 aliphatic carbocycles. The minimum Gasteiger partial charge on any atom is -0.355 e. The maximum atomic E-state index is 14.0. The number of benzene rings is 1. The topological polar surface area (TPSA) is 66.5 Å². The highest BCUT2D eigenvalue weighted by Crippen LogP contribution is 2.38. The Morgan fingerprint density at radius 2 is 1.74 bits per heavy atom. The van der Waals surface area contributed by atoms with Crippen LogP contribution in [0.25, 0.3) is 0 Å². The predicted molar refractivity (Wildman–Crippen MR) is 99.2 cm³/mol. The summed E-state index contributed by atoms with van der Waals surface area (Å²) >= 11 is 0. The number of hydrogen-bond donors (Lipinski definition) is 1. The van der Waals surface area contributed by atoms with Gasteiger partial charge < -0.3 is 5.32 Å². The van der Waals surface area contributed by atoms with Gasteiger partial charge in [-0.05, 0) is 24.5 Å². The van der Waals surface area contributed by atoms with Crippen molar-refractivity contribution in [3.63, 3.8) is 0 Å². The Bertz CT molecular complexity index is 723. The highest BCUT2D eigenvalue weighted by Gasteiger charge is 2.47. The molecule has 2 unspecified atom stereocenters. The number of halogens is 1. The lowest BCUT2D eigenvalue weighted by Gasteiger charge is -2.26. The average Bonchev–Trinajstić information content (AvgIpc) is 2.89. The van der Waals surface area contributed by atoms with E-state index in [1.54, 1.807) is 18.2 Å². The molecule has 1 aromatic rings. The Balaban J connectivity index is 1.52. The van der Waals surface area contributed by atoms with E-state index in [4.69, 9.17) is 0 Å². The molecule has 27 heavy (non-hydrogen) atoms. The summed E-state index contributed by atoms with van der Waals surface area (Å²) in [5.41, 5.74) is -0.0193. The monoisotopic (exact) mass is 374 g/mol. The second-order valence-electron chi connectivity index (χ2n) is 8.22. The van der Waals surface area contributed by atoms with Crippen molar-refractivity contribution in [1.29, 1.82) is 0 Å². The molecule has 2 atom stereocenters. The van der Waals surface area contributed by atoms with Crippen LogP contribution in [0.3, 0.4) is 0 Å². The third kappa shape index (κ3) is 4.04. The van der Waals surface area contributed by atoms with Crippen LogP contribution in [-0.2, 0) is 19.8 Å². The van der Waals surface area contributed by atoms with E-state index < -0.39 is 5.41 Å². The summed E-state index contributed by atoms with van der Waals surface area (Å²) in [6.45, 7) is 4.13. The largest absolute Gasteiger partial charge is 0.355 e. The van der Waals surface area contributed by atoms with Crippen LogP contribution >= 0.6 is 0 Å².